The maximum atomic E-state index is 13.0. The van der Waals surface area contributed by atoms with Crippen LogP contribution in [0.5, 0.6) is 0 Å². The van der Waals surface area contributed by atoms with Gasteiger partial charge in [-0.15, -0.1) is 0 Å². The molecule has 1 amide bonds. The molecule has 0 bridgehead atoms. The number of aromatic amines is 1. The van der Waals surface area contributed by atoms with E-state index in [2.05, 4.69) is 15.3 Å². The molecule has 2 N–H and O–H groups in total. The Balaban J connectivity index is 1.73. The Hall–Kier alpha value is -2.34. The van der Waals surface area contributed by atoms with Crippen LogP contribution in [-0.2, 0) is 11.2 Å². The highest BCUT2D eigenvalue weighted by Gasteiger charge is 2.18. The van der Waals surface area contributed by atoms with Crippen LogP contribution in [0, 0.1) is 5.82 Å². The van der Waals surface area contributed by atoms with E-state index >= 15 is 0 Å². The summed E-state index contributed by atoms with van der Waals surface area (Å²) in [4.78, 5) is 20.3. The predicted octanol–water partition coefficient (Wildman–Crippen LogP) is 3.86. The van der Waals surface area contributed by atoms with Crippen molar-refractivity contribution in [1.82, 2.24) is 15.3 Å². The average molecular weight is 357 g/mol. The molecule has 3 rings (SSSR count). The fourth-order valence-corrected chi connectivity index (χ4v) is 3.15. The van der Waals surface area contributed by atoms with Crippen molar-refractivity contribution >= 4 is 28.7 Å². The molecule has 0 radical (unpaired) electrons. The molecule has 3 aromatic rings. The number of hydrogen-bond acceptors (Lipinski definition) is 3. The molecule has 4 nitrogen and oxygen atoms in total. The van der Waals surface area contributed by atoms with Crippen molar-refractivity contribution in [2.45, 2.75) is 18.9 Å². The lowest BCUT2D eigenvalue weighted by atomic mass is 10.1. The minimum absolute atomic E-state index is 0.0989. The first kappa shape index (κ1) is 17.5. The van der Waals surface area contributed by atoms with Gasteiger partial charge in [0.2, 0.25) is 5.91 Å². The van der Waals surface area contributed by atoms with E-state index in [0.29, 0.717) is 0 Å². The monoisotopic (exact) mass is 357 g/mol. The number of fused-ring (bicyclic) bond motifs is 1. The summed E-state index contributed by atoms with van der Waals surface area (Å²) in [5, 5.41) is 3.05. The first-order chi connectivity index (χ1) is 12.2. The van der Waals surface area contributed by atoms with Gasteiger partial charge in [-0.2, -0.15) is 11.8 Å². The Morgan fingerprint density at radius 2 is 2.00 bits per heavy atom. The number of para-hydroxylation sites is 2. The van der Waals surface area contributed by atoms with Gasteiger partial charge in [0.05, 0.1) is 23.5 Å². The Labute approximate surface area is 150 Å². The van der Waals surface area contributed by atoms with E-state index in [1.807, 2.05) is 30.5 Å². The molecule has 1 aromatic heterocycles. The molecule has 6 heteroatoms. The molecule has 0 fully saturated rings. The number of aromatic nitrogens is 2. The van der Waals surface area contributed by atoms with Crippen LogP contribution in [0.25, 0.3) is 11.0 Å². The van der Waals surface area contributed by atoms with Crippen molar-refractivity contribution in [3.63, 3.8) is 0 Å². The third kappa shape index (κ3) is 4.60. The number of nitrogens with one attached hydrogen (secondary N) is 2. The summed E-state index contributed by atoms with van der Waals surface area (Å²) < 4.78 is 13.0. The van der Waals surface area contributed by atoms with Gasteiger partial charge in [-0.25, -0.2) is 9.37 Å². The van der Waals surface area contributed by atoms with Crippen LogP contribution in [0.3, 0.4) is 0 Å². The summed E-state index contributed by atoms with van der Waals surface area (Å²) in [5.41, 5.74) is 2.63. The summed E-state index contributed by atoms with van der Waals surface area (Å²) in [6, 6.07) is 13.6. The zero-order chi connectivity index (χ0) is 17.6. The molecule has 2 aromatic carbocycles. The number of imidazole rings is 1. The number of nitrogens with zero attached hydrogens (tertiary/aromatic N) is 1. The highest BCUT2D eigenvalue weighted by Crippen LogP contribution is 2.20. The maximum absolute atomic E-state index is 13.0. The first-order valence-electron chi connectivity index (χ1n) is 8.13. The van der Waals surface area contributed by atoms with Gasteiger partial charge < -0.3 is 10.3 Å². The largest absolute Gasteiger partial charge is 0.346 e. The number of carbonyl (C=O) groups excluding carboxylic acids is 1. The van der Waals surface area contributed by atoms with Crippen molar-refractivity contribution in [2.75, 3.05) is 12.0 Å². The van der Waals surface area contributed by atoms with E-state index in [4.69, 9.17) is 0 Å². The smallest absolute Gasteiger partial charge is 0.225 e. The molecule has 1 unspecified atom stereocenters. The van der Waals surface area contributed by atoms with Crippen LogP contribution in [0.1, 0.15) is 23.9 Å². The van der Waals surface area contributed by atoms with Gasteiger partial charge in [0, 0.05) is 0 Å². The highest BCUT2D eigenvalue weighted by atomic mass is 32.2. The first-order valence-corrected chi connectivity index (χ1v) is 9.52. The van der Waals surface area contributed by atoms with E-state index < -0.39 is 0 Å². The summed E-state index contributed by atoms with van der Waals surface area (Å²) in [5.74, 6) is 1.28. The number of thioether (sulfide) groups is 1. The van der Waals surface area contributed by atoms with Crippen LogP contribution < -0.4 is 5.32 Å². The van der Waals surface area contributed by atoms with E-state index in [9.17, 15) is 9.18 Å². The third-order valence-corrected chi connectivity index (χ3v) is 4.61. The standard InChI is InChI=1S/C19H20FN3OS/c1-25-11-10-17(19-22-15-4-2-3-5-16(15)23-19)21-18(24)12-13-6-8-14(20)9-7-13/h2-9,17H,10-12H2,1H3,(H,21,24)(H,22,23). The number of rotatable bonds is 7. The zero-order valence-corrected chi connectivity index (χ0v) is 14.8. The molecule has 1 heterocycles. The second-order valence-corrected chi connectivity index (χ2v) is 6.83. The van der Waals surface area contributed by atoms with Gasteiger partial charge >= 0.3 is 0 Å². The second-order valence-electron chi connectivity index (χ2n) is 5.84. The normalized spacial score (nSPS) is 12.2. The van der Waals surface area contributed by atoms with Crippen molar-refractivity contribution in [1.29, 1.82) is 0 Å². The molecule has 0 aliphatic rings. The maximum Gasteiger partial charge on any atom is 0.225 e. The number of carbonyl (C=O) groups is 1. The van der Waals surface area contributed by atoms with Crippen LogP contribution >= 0.6 is 11.8 Å². The van der Waals surface area contributed by atoms with Crippen LogP contribution in [0.4, 0.5) is 4.39 Å². The number of amides is 1. The topological polar surface area (TPSA) is 57.8 Å². The highest BCUT2D eigenvalue weighted by molar-refractivity contribution is 7.98. The Morgan fingerprint density at radius 1 is 1.24 bits per heavy atom. The summed E-state index contributed by atoms with van der Waals surface area (Å²) >= 11 is 1.73. The molecule has 130 valence electrons. The Bertz CT molecular complexity index is 814. The van der Waals surface area contributed by atoms with Gasteiger partial charge in [-0.1, -0.05) is 24.3 Å². The Morgan fingerprint density at radius 3 is 2.72 bits per heavy atom. The molecule has 0 aliphatic carbocycles. The predicted molar refractivity (Wildman–Crippen MR) is 100 cm³/mol. The van der Waals surface area contributed by atoms with E-state index in [-0.39, 0.29) is 24.2 Å². The van der Waals surface area contributed by atoms with E-state index in [1.165, 1.54) is 12.1 Å². The second kappa shape index (κ2) is 8.16. The number of H-pyrrole nitrogens is 1. The molecular weight excluding hydrogens is 337 g/mol. The number of benzene rings is 2. The summed E-state index contributed by atoms with van der Waals surface area (Å²) in [6.07, 6.45) is 3.04. The number of hydrogen-bond donors (Lipinski definition) is 2. The molecule has 0 spiro atoms. The Kier molecular flexibility index (Phi) is 5.71. The minimum Gasteiger partial charge on any atom is -0.346 e. The van der Waals surface area contributed by atoms with Crippen LogP contribution in [0.15, 0.2) is 48.5 Å². The lowest BCUT2D eigenvalue weighted by molar-refractivity contribution is -0.121. The molecule has 0 aliphatic heterocycles. The van der Waals surface area contributed by atoms with Gasteiger partial charge in [0.25, 0.3) is 0 Å². The van der Waals surface area contributed by atoms with Crippen molar-refractivity contribution in [2.24, 2.45) is 0 Å². The molecule has 1 atom stereocenters. The fourth-order valence-electron chi connectivity index (χ4n) is 2.68. The van der Waals surface area contributed by atoms with Crippen molar-refractivity contribution in [3.8, 4) is 0 Å². The van der Waals surface area contributed by atoms with Gasteiger partial charge in [-0.05, 0) is 48.3 Å². The van der Waals surface area contributed by atoms with Gasteiger partial charge in [0.15, 0.2) is 0 Å². The van der Waals surface area contributed by atoms with Crippen molar-refractivity contribution in [3.05, 3.63) is 65.7 Å². The van der Waals surface area contributed by atoms with Gasteiger partial charge in [-0.3, -0.25) is 4.79 Å². The van der Waals surface area contributed by atoms with E-state index in [1.54, 1.807) is 23.9 Å². The SMILES string of the molecule is CSCCC(NC(=O)Cc1ccc(F)cc1)c1nc2ccccc2[nH]1. The van der Waals surface area contributed by atoms with Gasteiger partial charge in [0.1, 0.15) is 11.6 Å². The third-order valence-electron chi connectivity index (χ3n) is 3.96. The fraction of sp³-hybridized carbons (Fsp3) is 0.263. The van der Waals surface area contributed by atoms with Crippen LogP contribution in [0.2, 0.25) is 0 Å². The molecule has 0 saturated heterocycles. The van der Waals surface area contributed by atoms with Crippen molar-refractivity contribution < 1.29 is 9.18 Å². The summed E-state index contributed by atoms with van der Waals surface area (Å²) in [6.45, 7) is 0. The quantitative estimate of drug-likeness (QED) is 0.675. The lowest BCUT2D eigenvalue weighted by Crippen LogP contribution is -2.31. The number of halogens is 1. The summed E-state index contributed by atoms with van der Waals surface area (Å²) in [7, 11) is 0. The lowest BCUT2D eigenvalue weighted by Gasteiger charge is -2.16. The average Bonchev–Trinajstić information content (AvgIpc) is 3.04. The zero-order valence-electron chi connectivity index (χ0n) is 14.0. The molecule has 25 heavy (non-hydrogen) atoms. The molecular formula is C19H20FN3OS. The van der Waals surface area contributed by atoms with Crippen LogP contribution in [-0.4, -0.2) is 27.9 Å². The molecule has 0 saturated carbocycles. The van der Waals surface area contributed by atoms with E-state index in [0.717, 1.165) is 34.6 Å². The minimum atomic E-state index is -0.302.